The van der Waals surface area contributed by atoms with Gasteiger partial charge in [0.1, 0.15) is 5.82 Å². The Balaban J connectivity index is 0.00000180. The summed E-state index contributed by atoms with van der Waals surface area (Å²) in [6.07, 6.45) is 1.75. The normalized spacial score (nSPS) is 19.8. The van der Waals surface area contributed by atoms with Gasteiger partial charge in [-0.1, -0.05) is 6.07 Å². The minimum atomic E-state index is -3.64. The number of aryl methyl sites for hydroxylation is 1. The Morgan fingerprint density at radius 1 is 1.42 bits per heavy atom. The van der Waals surface area contributed by atoms with Crippen molar-refractivity contribution in [2.75, 3.05) is 13.1 Å². The molecule has 0 radical (unpaired) electrons. The molecular weight excluding hydrogens is 291 g/mol. The van der Waals surface area contributed by atoms with Gasteiger partial charge in [-0.15, -0.1) is 12.4 Å². The van der Waals surface area contributed by atoms with E-state index in [2.05, 4.69) is 10.0 Å². The molecule has 0 saturated carbocycles. The van der Waals surface area contributed by atoms with Crippen LogP contribution in [0.25, 0.3) is 0 Å². The number of rotatable bonds is 3. The minimum absolute atomic E-state index is 0. The van der Waals surface area contributed by atoms with Crippen molar-refractivity contribution in [3.05, 3.63) is 29.6 Å². The maximum absolute atomic E-state index is 13.2. The van der Waals surface area contributed by atoms with Crippen LogP contribution in [0.15, 0.2) is 23.1 Å². The van der Waals surface area contributed by atoms with Gasteiger partial charge in [-0.25, -0.2) is 17.5 Å². The van der Waals surface area contributed by atoms with Crippen molar-refractivity contribution in [3.8, 4) is 0 Å². The Morgan fingerprint density at radius 3 is 2.79 bits per heavy atom. The molecular formula is C12H18ClFN2O2S. The summed E-state index contributed by atoms with van der Waals surface area (Å²) in [5.41, 5.74) is 0.549. The lowest BCUT2D eigenvalue weighted by atomic mass is 10.1. The molecule has 2 rings (SSSR count). The molecule has 1 aliphatic heterocycles. The fraction of sp³-hybridized carbons (Fsp3) is 0.500. The molecule has 2 N–H and O–H groups in total. The zero-order valence-corrected chi connectivity index (χ0v) is 12.3. The summed E-state index contributed by atoms with van der Waals surface area (Å²) in [5, 5.41) is 3.13. The van der Waals surface area contributed by atoms with Crippen molar-refractivity contribution in [2.24, 2.45) is 0 Å². The van der Waals surface area contributed by atoms with Crippen molar-refractivity contribution < 1.29 is 12.8 Å². The molecule has 0 spiro atoms. The molecule has 0 unspecified atom stereocenters. The average molecular weight is 309 g/mol. The van der Waals surface area contributed by atoms with Gasteiger partial charge in [-0.3, -0.25) is 0 Å². The topological polar surface area (TPSA) is 58.2 Å². The van der Waals surface area contributed by atoms with Crippen molar-refractivity contribution in [1.29, 1.82) is 0 Å². The quantitative estimate of drug-likeness (QED) is 0.891. The van der Waals surface area contributed by atoms with Gasteiger partial charge in [0.15, 0.2) is 0 Å². The van der Waals surface area contributed by atoms with E-state index in [-0.39, 0.29) is 23.3 Å². The molecule has 1 aromatic rings. The first kappa shape index (κ1) is 16.4. The Bertz CT molecular complexity index is 531. The van der Waals surface area contributed by atoms with Gasteiger partial charge in [0.2, 0.25) is 10.0 Å². The fourth-order valence-electron chi connectivity index (χ4n) is 2.10. The van der Waals surface area contributed by atoms with Crippen LogP contribution in [0.4, 0.5) is 4.39 Å². The fourth-order valence-corrected chi connectivity index (χ4v) is 3.63. The van der Waals surface area contributed by atoms with E-state index in [0.717, 1.165) is 25.5 Å². The third-order valence-corrected chi connectivity index (χ3v) is 4.72. The highest BCUT2D eigenvalue weighted by Gasteiger charge is 2.23. The van der Waals surface area contributed by atoms with Crippen molar-refractivity contribution in [1.82, 2.24) is 10.0 Å². The van der Waals surface area contributed by atoms with Crippen molar-refractivity contribution in [3.63, 3.8) is 0 Å². The van der Waals surface area contributed by atoms with Crippen LogP contribution in [-0.4, -0.2) is 27.5 Å². The van der Waals surface area contributed by atoms with Gasteiger partial charge in [-0.2, -0.15) is 0 Å². The summed E-state index contributed by atoms with van der Waals surface area (Å²) >= 11 is 0. The molecule has 1 saturated heterocycles. The third-order valence-electron chi connectivity index (χ3n) is 3.06. The molecule has 0 bridgehead atoms. The summed E-state index contributed by atoms with van der Waals surface area (Å²) in [6.45, 7) is 3.19. The van der Waals surface area contributed by atoms with Gasteiger partial charge < -0.3 is 5.32 Å². The van der Waals surface area contributed by atoms with Crippen LogP contribution in [0, 0.1) is 12.7 Å². The largest absolute Gasteiger partial charge is 0.315 e. The number of benzene rings is 1. The number of halogens is 2. The average Bonchev–Trinajstić information content (AvgIpc) is 2.33. The first-order valence-electron chi connectivity index (χ1n) is 5.98. The summed E-state index contributed by atoms with van der Waals surface area (Å²) in [5.74, 6) is -0.539. The van der Waals surface area contributed by atoms with E-state index in [9.17, 15) is 12.8 Å². The van der Waals surface area contributed by atoms with Crippen molar-refractivity contribution in [2.45, 2.75) is 30.7 Å². The molecule has 1 aliphatic rings. The standard InChI is InChI=1S/C12H17FN2O2S.ClH/c1-9-4-5-10(13)7-12(9)18(16,17)15-11-3-2-6-14-8-11;/h4-5,7,11,14-15H,2-3,6,8H2,1H3;1H/t11-;/m1./s1. The Labute approximate surface area is 119 Å². The highest BCUT2D eigenvalue weighted by molar-refractivity contribution is 7.89. The Kier molecular flexibility index (Phi) is 5.73. The van der Waals surface area contributed by atoms with Crippen LogP contribution in [-0.2, 0) is 10.0 Å². The van der Waals surface area contributed by atoms with Gasteiger partial charge in [0.25, 0.3) is 0 Å². The third kappa shape index (κ3) is 4.14. The van der Waals surface area contributed by atoms with Crippen molar-refractivity contribution >= 4 is 22.4 Å². The van der Waals surface area contributed by atoms with E-state index in [0.29, 0.717) is 12.1 Å². The number of hydrogen-bond acceptors (Lipinski definition) is 3. The number of hydrogen-bond donors (Lipinski definition) is 2. The predicted octanol–water partition coefficient (Wildman–Crippen LogP) is 1.59. The molecule has 19 heavy (non-hydrogen) atoms. The molecule has 1 aromatic carbocycles. The molecule has 1 heterocycles. The van der Waals surface area contributed by atoms with Gasteiger partial charge in [0, 0.05) is 12.6 Å². The molecule has 0 aliphatic carbocycles. The van der Waals surface area contributed by atoms with Crippen LogP contribution in [0.3, 0.4) is 0 Å². The van der Waals surface area contributed by atoms with E-state index in [1.807, 2.05) is 0 Å². The predicted molar refractivity (Wildman–Crippen MR) is 74.6 cm³/mol. The first-order chi connectivity index (χ1) is 8.49. The van der Waals surface area contributed by atoms with E-state index in [4.69, 9.17) is 0 Å². The molecule has 0 aromatic heterocycles. The lowest BCUT2D eigenvalue weighted by Crippen LogP contribution is -2.45. The van der Waals surface area contributed by atoms with Gasteiger partial charge in [-0.05, 0) is 44.0 Å². The molecule has 108 valence electrons. The monoisotopic (exact) mass is 308 g/mol. The first-order valence-corrected chi connectivity index (χ1v) is 7.46. The maximum atomic E-state index is 13.2. The highest BCUT2D eigenvalue weighted by Crippen LogP contribution is 2.17. The molecule has 4 nitrogen and oxygen atoms in total. The number of sulfonamides is 1. The molecule has 0 amide bonds. The molecule has 1 atom stereocenters. The second-order valence-electron chi connectivity index (χ2n) is 4.57. The number of nitrogens with one attached hydrogen (secondary N) is 2. The molecule has 1 fully saturated rings. The van der Waals surface area contributed by atoms with E-state index in [1.165, 1.54) is 12.1 Å². The van der Waals surface area contributed by atoms with E-state index < -0.39 is 15.8 Å². The van der Waals surface area contributed by atoms with Crippen LogP contribution >= 0.6 is 12.4 Å². The summed E-state index contributed by atoms with van der Waals surface area (Å²) in [6, 6.07) is 3.68. The van der Waals surface area contributed by atoms with Crippen LogP contribution in [0.5, 0.6) is 0 Å². The van der Waals surface area contributed by atoms with Crippen LogP contribution < -0.4 is 10.0 Å². The summed E-state index contributed by atoms with van der Waals surface area (Å²) in [7, 11) is -3.64. The van der Waals surface area contributed by atoms with E-state index in [1.54, 1.807) is 6.92 Å². The van der Waals surface area contributed by atoms with Gasteiger partial charge >= 0.3 is 0 Å². The second kappa shape index (κ2) is 6.65. The highest BCUT2D eigenvalue weighted by atomic mass is 35.5. The zero-order valence-electron chi connectivity index (χ0n) is 10.6. The minimum Gasteiger partial charge on any atom is -0.315 e. The Morgan fingerprint density at radius 2 is 2.16 bits per heavy atom. The summed E-state index contributed by atoms with van der Waals surface area (Å²) in [4.78, 5) is 0.0214. The second-order valence-corrected chi connectivity index (χ2v) is 6.26. The van der Waals surface area contributed by atoms with Crippen LogP contribution in [0.1, 0.15) is 18.4 Å². The molecule has 7 heteroatoms. The SMILES string of the molecule is Cc1ccc(F)cc1S(=O)(=O)N[C@@H]1CCCNC1.Cl. The Hall–Kier alpha value is -0.690. The smallest absolute Gasteiger partial charge is 0.241 e. The zero-order chi connectivity index (χ0) is 13.2. The maximum Gasteiger partial charge on any atom is 0.241 e. The van der Waals surface area contributed by atoms with E-state index >= 15 is 0 Å². The lowest BCUT2D eigenvalue weighted by Gasteiger charge is -2.24. The number of piperidine rings is 1. The summed E-state index contributed by atoms with van der Waals surface area (Å²) < 4.78 is 40.1. The lowest BCUT2D eigenvalue weighted by molar-refractivity contribution is 0.428. The van der Waals surface area contributed by atoms with Crippen LogP contribution in [0.2, 0.25) is 0 Å². The van der Waals surface area contributed by atoms with Gasteiger partial charge in [0.05, 0.1) is 4.90 Å².